The largest absolute Gasteiger partial charge is 0.510 e. The van der Waals surface area contributed by atoms with Crippen molar-refractivity contribution < 1.29 is 5.11 Å². The van der Waals surface area contributed by atoms with Crippen LogP contribution in [0.4, 0.5) is 0 Å². The minimum atomic E-state index is -0.378. The highest BCUT2D eigenvalue weighted by molar-refractivity contribution is 6.30. The van der Waals surface area contributed by atoms with Gasteiger partial charge in [0.25, 0.3) is 0 Å². The Morgan fingerprint density at radius 3 is 2.92 bits per heavy atom. The fourth-order valence-electron chi connectivity index (χ4n) is 1.36. The zero-order chi connectivity index (χ0) is 8.72. The summed E-state index contributed by atoms with van der Waals surface area (Å²) in [5.41, 5.74) is 7.52. The molecule has 12 heavy (non-hydrogen) atoms. The molecule has 0 unspecified atom stereocenters. The summed E-state index contributed by atoms with van der Waals surface area (Å²) in [7, 11) is 0. The number of hydrogen-bond acceptors (Lipinski definition) is 2. The molecule has 1 aliphatic carbocycles. The van der Waals surface area contributed by atoms with Gasteiger partial charge in [-0.1, -0.05) is 17.7 Å². The van der Waals surface area contributed by atoms with Crippen molar-refractivity contribution in [3.05, 3.63) is 40.1 Å². The van der Waals surface area contributed by atoms with Crippen molar-refractivity contribution in [3.63, 3.8) is 0 Å². The summed E-state index contributed by atoms with van der Waals surface area (Å²) in [5, 5.41) is 9.96. The number of halogens is 1. The van der Waals surface area contributed by atoms with Crippen molar-refractivity contribution in [3.8, 4) is 0 Å². The standard InChI is InChI=1S/C9H8ClNO/c10-6-1-2-7-5(3-6)4-8(12)9(7)11/h1-4,9,12H,11H2/t9-/m0/s1. The molecule has 0 saturated carbocycles. The maximum Gasteiger partial charge on any atom is 0.114 e. The molecule has 2 nitrogen and oxygen atoms in total. The van der Waals surface area contributed by atoms with E-state index in [-0.39, 0.29) is 11.8 Å². The Morgan fingerprint density at radius 2 is 2.17 bits per heavy atom. The van der Waals surface area contributed by atoms with E-state index in [0.29, 0.717) is 5.02 Å². The first-order chi connectivity index (χ1) is 5.68. The van der Waals surface area contributed by atoms with Crippen LogP contribution in [0.25, 0.3) is 6.08 Å². The summed E-state index contributed by atoms with van der Waals surface area (Å²) in [6.45, 7) is 0. The van der Waals surface area contributed by atoms with Gasteiger partial charge < -0.3 is 10.8 Å². The second-order valence-electron chi connectivity index (χ2n) is 2.82. The van der Waals surface area contributed by atoms with Crippen LogP contribution >= 0.6 is 11.6 Å². The van der Waals surface area contributed by atoms with Crippen LogP contribution in [0.5, 0.6) is 0 Å². The van der Waals surface area contributed by atoms with Gasteiger partial charge in [-0.05, 0) is 29.3 Å². The summed E-state index contributed by atoms with van der Waals surface area (Å²) in [5.74, 6) is 0.201. The van der Waals surface area contributed by atoms with Gasteiger partial charge in [0.1, 0.15) is 5.76 Å². The predicted octanol–water partition coefficient (Wildman–Crippen LogP) is 2.25. The second kappa shape index (κ2) is 2.51. The van der Waals surface area contributed by atoms with E-state index in [1.54, 1.807) is 18.2 Å². The van der Waals surface area contributed by atoms with Crippen LogP contribution in [0.3, 0.4) is 0 Å². The van der Waals surface area contributed by atoms with Gasteiger partial charge in [0, 0.05) is 5.02 Å². The van der Waals surface area contributed by atoms with Gasteiger partial charge in [0.15, 0.2) is 0 Å². The normalized spacial score (nSPS) is 20.5. The quantitative estimate of drug-likeness (QED) is 0.645. The lowest BCUT2D eigenvalue weighted by Gasteiger charge is -2.05. The van der Waals surface area contributed by atoms with Gasteiger partial charge in [-0.15, -0.1) is 0 Å². The topological polar surface area (TPSA) is 46.2 Å². The van der Waals surface area contributed by atoms with E-state index in [9.17, 15) is 5.11 Å². The molecule has 2 rings (SSSR count). The third-order valence-corrected chi connectivity index (χ3v) is 2.24. The minimum absolute atomic E-state index is 0.201. The zero-order valence-electron chi connectivity index (χ0n) is 6.29. The van der Waals surface area contributed by atoms with E-state index in [0.717, 1.165) is 11.1 Å². The van der Waals surface area contributed by atoms with Crippen LogP contribution in [0.15, 0.2) is 24.0 Å². The smallest absolute Gasteiger partial charge is 0.114 e. The van der Waals surface area contributed by atoms with Crippen LogP contribution in [0, 0.1) is 0 Å². The van der Waals surface area contributed by atoms with Crippen molar-refractivity contribution in [2.24, 2.45) is 5.73 Å². The Labute approximate surface area is 75.3 Å². The van der Waals surface area contributed by atoms with Crippen LogP contribution in [0.2, 0.25) is 5.02 Å². The molecule has 0 heterocycles. The third kappa shape index (κ3) is 1.00. The van der Waals surface area contributed by atoms with E-state index >= 15 is 0 Å². The maximum atomic E-state index is 9.30. The fourth-order valence-corrected chi connectivity index (χ4v) is 1.54. The van der Waals surface area contributed by atoms with E-state index in [2.05, 4.69) is 0 Å². The summed E-state index contributed by atoms with van der Waals surface area (Å²) >= 11 is 5.77. The van der Waals surface area contributed by atoms with Crippen molar-refractivity contribution >= 4 is 17.7 Å². The molecule has 0 amide bonds. The van der Waals surface area contributed by atoms with Gasteiger partial charge in [-0.2, -0.15) is 0 Å². The maximum absolute atomic E-state index is 9.30. The molecular formula is C9H8ClNO. The number of hydrogen-bond donors (Lipinski definition) is 2. The van der Waals surface area contributed by atoms with Gasteiger partial charge in [-0.25, -0.2) is 0 Å². The molecular weight excluding hydrogens is 174 g/mol. The monoisotopic (exact) mass is 181 g/mol. The Morgan fingerprint density at radius 1 is 1.42 bits per heavy atom. The number of aliphatic hydroxyl groups is 1. The van der Waals surface area contributed by atoms with Crippen LogP contribution < -0.4 is 5.73 Å². The molecule has 0 aliphatic heterocycles. The molecule has 0 saturated heterocycles. The average molecular weight is 182 g/mol. The Balaban J connectivity index is 2.57. The highest BCUT2D eigenvalue weighted by Crippen LogP contribution is 2.32. The molecule has 0 radical (unpaired) electrons. The van der Waals surface area contributed by atoms with E-state index in [1.807, 2.05) is 6.07 Å². The number of rotatable bonds is 0. The first-order valence-corrected chi connectivity index (χ1v) is 4.02. The summed E-state index contributed by atoms with van der Waals surface area (Å²) in [4.78, 5) is 0. The molecule has 3 N–H and O–H groups in total. The molecule has 0 fully saturated rings. The summed E-state index contributed by atoms with van der Waals surface area (Å²) < 4.78 is 0. The number of aliphatic hydroxyl groups excluding tert-OH is 1. The lowest BCUT2D eigenvalue weighted by atomic mass is 10.1. The lowest BCUT2D eigenvalue weighted by molar-refractivity contribution is 0.380. The molecule has 3 heteroatoms. The van der Waals surface area contributed by atoms with Crippen molar-refractivity contribution in [2.45, 2.75) is 6.04 Å². The molecule has 0 aromatic heterocycles. The number of nitrogens with two attached hydrogens (primary N) is 1. The highest BCUT2D eigenvalue weighted by Gasteiger charge is 2.20. The van der Waals surface area contributed by atoms with Crippen LogP contribution in [-0.2, 0) is 0 Å². The van der Waals surface area contributed by atoms with Crippen molar-refractivity contribution in [1.29, 1.82) is 0 Å². The Bertz CT molecular complexity index is 360. The molecule has 1 aromatic carbocycles. The average Bonchev–Trinajstić information content (AvgIpc) is 2.28. The fraction of sp³-hybridized carbons (Fsp3) is 0.111. The predicted molar refractivity (Wildman–Crippen MR) is 49.0 cm³/mol. The first kappa shape index (κ1) is 7.65. The summed E-state index contributed by atoms with van der Waals surface area (Å²) in [6, 6.07) is 5.02. The van der Waals surface area contributed by atoms with Crippen LogP contribution in [-0.4, -0.2) is 5.11 Å². The van der Waals surface area contributed by atoms with Crippen LogP contribution in [0.1, 0.15) is 17.2 Å². The second-order valence-corrected chi connectivity index (χ2v) is 3.26. The lowest BCUT2D eigenvalue weighted by Crippen LogP contribution is -2.09. The van der Waals surface area contributed by atoms with Gasteiger partial charge in [0.05, 0.1) is 6.04 Å². The van der Waals surface area contributed by atoms with E-state index in [1.165, 1.54) is 0 Å². The van der Waals surface area contributed by atoms with Gasteiger partial charge >= 0.3 is 0 Å². The van der Waals surface area contributed by atoms with Crippen molar-refractivity contribution in [2.75, 3.05) is 0 Å². The molecule has 0 spiro atoms. The Hall–Kier alpha value is -0.990. The van der Waals surface area contributed by atoms with Gasteiger partial charge in [0.2, 0.25) is 0 Å². The van der Waals surface area contributed by atoms with E-state index in [4.69, 9.17) is 17.3 Å². The molecule has 1 atom stereocenters. The molecule has 1 aliphatic rings. The molecule has 62 valence electrons. The zero-order valence-corrected chi connectivity index (χ0v) is 7.05. The van der Waals surface area contributed by atoms with Gasteiger partial charge in [-0.3, -0.25) is 0 Å². The Kier molecular flexibility index (Phi) is 1.60. The third-order valence-electron chi connectivity index (χ3n) is 2.01. The molecule has 1 aromatic rings. The number of benzene rings is 1. The first-order valence-electron chi connectivity index (χ1n) is 3.64. The summed E-state index contributed by atoms with van der Waals surface area (Å²) in [6.07, 6.45) is 1.64. The highest BCUT2D eigenvalue weighted by atomic mass is 35.5. The number of fused-ring (bicyclic) bond motifs is 1. The minimum Gasteiger partial charge on any atom is -0.510 e. The van der Waals surface area contributed by atoms with E-state index < -0.39 is 0 Å². The molecule has 0 bridgehead atoms. The SMILES string of the molecule is N[C@@H]1C(O)=Cc2cc(Cl)ccc21. The van der Waals surface area contributed by atoms with Crippen molar-refractivity contribution in [1.82, 2.24) is 0 Å².